The van der Waals surface area contributed by atoms with E-state index >= 15 is 0 Å². The van der Waals surface area contributed by atoms with Gasteiger partial charge in [-0.1, -0.05) is 18.5 Å². The summed E-state index contributed by atoms with van der Waals surface area (Å²) in [4.78, 5) is 28.7. The molecule has 12 heteroatoms. The van der Waals surface area contributed by atoms with Gasteiger partial charge in [0.05, 0.1) is 22.0 Å². The molecule has 34 heavy (non-hydrogen) atoms. The van der Waals surface area contributed by atoms with Gasteiger partial charge in [-0.25, -0.2) is 8.42 Å². The number of rotatable bonds is 6. The maximum atomic E-state index is 12.9. The van der Waals surface area contributed by atoms with E-state index in [-0.39, 0.29) is 27.7 Å². The molecule has 0 fully saturated rings. The smallest absolute Gasteiger partial charge is 0.272 e. The number of phenols is 1. The van der Waals surface area contributed by atoms with E-state index in [0.717, 1.165) is 12.1 Å². The molecular formula is C22H17BrClN3O5S2. The minimum Gasteiger partial charge on any atom is -0.504 e. The highest BCUT2D eigenvalue weighted by atomic mass is 79.9. The number of anilines is 2. The number of sulfone groups is 1. The van der Waals surface area contributed by atoms with Gasteiger partial charge in [-0.15, -0.1) is 11.3 Å². The molecule has 4 rings (SSSR count). The van der Waals surface area contributed by atoms with Crippen molar-refractivity contribution in [3.63, 3.8) is 0 Å². The number of amides is 2. The van der Waals surface area contributed by atoms with E-state index in [9.17, 15) is 23.1 Å². The molecule has 0 atom stereocenters. The normalized spacial score (nSPS) is 11.5. The van der Waals surface area contributed by atoms with Crippen LogP contribution < -0.4 is 10.6 Å². The number of hydrogen-bond acceptors (Lipinski definition) is 6. The molecule has 4 aromatic rings. The summed E-state index contributed by atoms with van der Waals surface area (Å²) < 4.78 is 25.7. The Morgan fingerprint density at radius 1 is 1.09 bits per heavy atom. The van der Waals surface area contributed by atoms with E-state index in [0.29, 0.717) is 25.3 Å². The van der Waals surface area contributed by atoms with Gasteiger partial charge in [-0.3, -0.25) is 9.59 Å². The zero-order valence-electron chi connectivity index (χ0n) is 17.5. The number of aromatic hydroxyl groups is 1. The van der Waals surface area contributed by atoms with Crippen molar-refractivity contribution in [1.29, 1.82) is 0 Å². The minimum absolute atomic E-state index is 0.154. The second kappa shape index (κ2) is 9.41. The lowest BCUT2D eigenvalue weighted by molar-refractivity contribution is 0.101. The first-order valence-electron chi connectivity index (χ1n) is 9.82. The average molecular weight is 583 g/mol. The van der Waals surface area contributed by atoms with Crippen LogP contribution in [0.5, 0.6) is 5.75 Å². The number of nitrogens with one attached hydrogen (secondary N) is 3. The lowest BCUT2D eigenvalue weighted by Crippen LogP contribution is -2.16. The third-order valence-corrected chi connectivity index (χ3v) is 8.76. The molecular weight excluding hydrogens is 566 g/mol. The number of carbonyl (C=O) groups excluding carboxylic acids is 2. The molecule has 0 saturated carbocycles. The molecule has 0 aliphatic rings. The molecule has 0 unspecified atom stereocenters. The number of thiophene rings is 1. The van der Waals surface area contributed by atoms with Gasteiger partial charge in [0.1, 0.15) is 10.6 Å². The number of H-pyrrole nitrogens is 1. The van der Waals surface area contributed by atoms with Crippen LogP contribution in [0, 0.1) is 0 Å². The molecule has 0 radical (unpaired) electrons. The second-order valence-corrected chi connectivity index (χ2v) is 11.7. The number of carbonyl (C=O) groups is 2. The summed E-state index contributed by atoms with van der Waals surface area (Å²) >= 11 is 10.4. The van der Waals surface area contributed by atoms with Crippen LogP contribution in [0.2, 0.25) is 5.02 Å². The molecule has 8 nitrogen and oxygen atoms in total. The van der Waals surface area contributed by atoms with Crippen LogP contribution in [-0.4, -0.2) is 36.1 Å². The first kappa shape index (κ1) is 24.3. The maximum Gasteiger partial charge on any atom is 0.272 e. The van der Waals surface area contributed by atoms with Crippen molar-refractivity contribution in [3.8, 4) is 5.75 Å². The SMILES string of the molecule is CCS(=O)(=O)c1cc(NC(=O)c2cc3cc(Cl)ccc3[nH]2)c(O)c(NC(=O)c2sccc2Br)c1. The Bertz CT molecular complexity index is 1550. The van der Waals surface area contributed by atoms with Gasteiger partial charge in [-0.05, 0) is 63.8 Å². The number of phenolic OH excluding ortho intramolecular Hbond substituents is 1. The number of aromatic nitrogens is 1. The van der Waals surface area contributed by atoms with Gasteiger partial charge in [0.15, 0.2) is 15.6 Å². The van der Waals surface area contributed by atoms with E-state index in [1.165, 1.54) is 18.3 Å². The molecule has 0 bridgehead atoms. The fourth-order valence-electron chi connectivity index (χ4n) is 3.20. The van der Waals surface area contributed by atoms with Gasteiger partial charge >= 0.3 is 0 Å². The predicted octanol–water partition coefficient (Wildman–Crippen LogP) is 5.65. The van der Waals surface area contributed by atoms with Crippen molar-refractivity contribution in [2.45, 2.75) is 11.8 Å². The summed E-state index contributed by atoms with van der Waals surface area (Å²) in [6.45, 7) is 1.47. The zero-order chi connectivity index (χ0) is 24.6. The Morgan fingerprint density at radius 2 is 1.76 bits per heavy atom. The second-order valence-electron chi connectivity index (χ2n) is 7.19. The zero-order valence-corrected chi connectivity index (χ0v) is 21.5. The van der Waals surface area contributed by atoms with E-state index < -0.39 is 27.4 Å². The Labute approximate surface area is 212 Å². The summed E-state index contributed by atoms with van der Waals surface area (Å²) in [5.74, 6) is -1.86. The summed E-state index contributed by atoms with van der Waals surface area (Å²) in [7, 11) is -3.73. The van der Waals surface area contributed by atoms with Crippen LogP contribution in [-0.2, 0) is 9.84 Å². The van der Waals surface area contributed by atoms with E-state index in [1.807, 2.05) is 0 Å². The Balaban J connectivity index is 1.72. The van der Waals surface area contributed by atoms with Gasteiger partial charge < -0.3 is 20.7 Å². The lowest BCUT2D eigenvalue weighted by atomic mass is 10.2. The molecule has 2 aromatic carbocycles. The summed E-state index contributed by atoms with van der Waals surface area (Å²) in [5.41, 5.74) is 0.527. The van der Waals surface area contributed by atoms with Crippen molar-refractivity contribution in [1.82, 2.24) is 4.98 Å². The number of hydrogen-bond donors (Lipinski definition) is 4. The molecule has 0 aliphatic carbocycles. The van der Waals surface area contributed by atoms with Gasteiger partial charge in [0.2, 0.25) is 0 Å². The average Bonchev–Trinajstić information content (AvgIpc) is 3.41. The first-order chi connectivity index (χ1) is 16.1. The van der Waals surface area contributed by atoms with E-state index in [4.69, 9.17) is 11.6 Å². The number of halogens is 2. The third-order valence-electron chi connectivity index (χ3n) is 4.97. The summed E-state index contributed by atoms with van der Waals surface area (Å²) in [6.07, 6.45) is 0. The Hall–Kier alpha value is -2.86. The highest BCUT2D eigenvalue weighted by molar-refractivity contribution is 9.10. The molecule has 2 aromatic heterocycles. The largest absolute Gasteiger partial charge is 0.504 e. The van der Waals surface area contributed by atoms with Crippen LogP contribution in [0.4, 0.5) is 11.4 Å². The summed E-state index contributed by atoms with van der Waals surface area (Å²) in [5, 5.41) is 18.7. The molecule has 176 valence electrons. The van der Waals surface area contributed by atoms with E-state index in [1.54, 1.807) is 35.7 Å². The highest BCUT2D eigenvalue weighted by Gasteiger charge is 2.22. The van der Waals surface area contributed by atoms with Crippen LogP contribution in [0.1, 0.15) is 27.1 Å². The highest BCUT2D eigenvalue weighted by Crippen LogP contribution is 2.37. The van der Waals surface area contributed by atoms with Gasteiger partial charge in [-0.2, -0.15) is 0 Å². The molecule has 0 saturated heterocycles. The fourth-order valence-corrected chi connectivity index (χ4v) is 5.75. The van der Waals surface area contributed by atoms with Crippen molar-refractivity contribution < 1.29 is 23.1 Å². The fraction of sp³-hybridized carbons (Fsp3) is 0.0909. The Kier molecular flexibility index (Phi) is 6.72. The number of aromatic amines is 1. The minimum atomic E-state index is -3.73. The van der Waals surface area contributed by atoms with Crippen molar-refractivity contribution in [2.24, 2.45) is 0 Å². The topological polar surface area (TPSA) is 128 Å². The van der Waals surface area contributed by atoms with Crippen LogP contribution in [0.25, 0.3) is 10.9 Å². The number of benzene rings is 2. The maximum absolute atomic E-state index is 12.9. The summed E-state index contributed by atoms with van der Waals surface area (Å²) in [6, 6.07) is 10.7. The van der Waals surface area contributed by atoms with Gasteiger partial charge in [0.25, 0.3) is 11.8 Å². The van der Waals surface area contributed by atoms with Crippen LogP contribution in [0.15, 0.2) is 57.2 Å². The quantitative estimate of drug-likeness (QED) is 0.219. The first-order valence-corrected chi connectivity index (χ1v) is 13.5. The molecule has 0 aliphatic heterocycles. The van der Waals surface area contributed by atoms with Crippen molar-refractivity contribution >= 4 is 82.8 Å². The van der Waals surface area contributed by atoms with Crippen LogP contribution >= 0.6 is 38.9 Å². The lowest BCUT2D eigenvalue weighted by Gasteiger charge is -2.14. The van der Waals surface area contributed by atoms with E-state index in [2.05, 4.69) is 31.5 Å². The third kappa shape index (κ3) is 4.83. The van der Waals surface area contributed by atoms with Crippen molar-refractivity contribution in [2.75, 3.05) is 16.4 Å². The monoisotopic (exact) mass is 581 g/mol. The standard InChI is InChI=1S/C22H17BrClN3O5S2/c1-2-34(31,32)13-9-16(19(28)17(10-13)27-22(30)20-14(23)5-6-33-20)26-21(29)18-8-11-7-12(24)3-4-15(11)25-18/h3-10,25,28H,2H2,1H3,(H,26,29)(H,27,30). The van der Waals surface area contributed by atoms with Crippen LogP contribution in [0.3, 0.4) is 0 Å². The molecule has 0 spiro atoms. The predicted molar refractivity (Wildman–Crippen MR) is 137 cm³/mol. The number of fused-ring (bicyclic) bond motifs is 1. The Morgan fingerprint density at radius 3 is 2.38 bits per heavy atom. The van der Waals surface area contributed by atoms with Gasteiger partial charge in [0, 0.05) is 20.4 Å². The molecule has 2 heterocycles. The molecule has 2 amide bonds. The van der Waals surface area contributed by atoms with Crippen molar-refractivity contribution in [3.05, 3.63) is 67.9 Å². The molecule has 4 N–H and O–H groups in total.